The molecular formula is C17H28N2O3S. The molecule has 1 heterocycles. The standard InChI is InChI=1S/C17H28N2O3S/c1-12(2)11-17(5,13(3)4)15(21)22-10-6-8-19-9-7-14(20)18-16(19)23/h7,9,12-13H,6,8,10-11H2,1-5H3,(H,18,20,23). The Morgan fingerprint density at radius 1 is 1.39 bits per heavy atom. The normalized spacial score (nSPS) is 14.0. The molecular weight excluding hydrogens is 312 g/mol. The molecule has 1 N–H and O–H groups in total. The van der Waals surface area contributed by atoms with Crippen molar-refractivity contribution in [3.8, 4) is 0 Å². The van der Waals surface area contributed by atoms with E-state index >= 15 is 0 Å². The lowest BCUT2D eigenvalue weighted by atomic mass is 9.73. The molecule has 0 aliphatic rings. The highest BCUT2D eigenvalue weighted by Crippen LogP contribution is 2.35. The number of carbonyl (C=O) groups excluding carboxylic acids is 1. The molecule has 0 amide bonds. The van der Waals surface area contributed by atoms with Crippen LogP contribution in [0.1, 0.15) is 47.5 Å². The summed E-state index contributed by atoms with van der Waals surface area (Å²) >= 11 is 5.08. The van der Waals surface area contributed by atoms with Gasteiger partial charge in [-0.05, 0) is 43.8 Å². The van der Waals surface area contributed by atoms with Crippen molar-refractivity contribution in [1.82, 2.24) is 9.55 Å². The number of hydrogen-bond acceptors (Lipinski definition) is 4. The molecule has 0 aliphatic heterocycles. The predicted molar refractivity (Wildman–Crippen MR) is 93.9 cm³/mol. The molecule has 1 atom stereocenters. The summed E-state index contributed by atoms with van der Waals surface area (Å²) in [4.78, 5) is 26.2. The van der Waals surface area contributed by atoms with Crippen LogP contribution in [0.25, 0.3) is 0 Å². The summed E-state index contributed by atoms with van der Waals surface area (Å²) in [6.45, 7) is 11.3. The number of nitrogens with zero attached hydrogens (tertiary/aromatic N) is 1. The van der Waals surface area contributed by atoms with Gasteiger partial charge in [-0.25, -0.2) is 0 Å². The van der Waals surface area contributed by atoms with E-state index in [1.165, 1.54) is 6.07 Å². The topological polar surface area (TPSA) is 64.1 Å². The van der Waals surface area contributed by atoms with Gasteiger partial charge in [0.2, 0.25) is 0 Å². The predicted octanol–water partition coefficient (Wildman–Crippen LogP) is 3.55. The molecule has 0 radical (unpaired) electrons. The summed E-state index contributed by atoms with van der Waals surface area (Å²) in [6.07, 6.45) is 3.12. The molecule has 0 aromatic carbocycles. The van der Waals surface area contributed by atoms with Crippen molar-refractivity contribution < 1.29 is 9.53 Å². The molecule has 0 saturated carbocycles. The van der Waals surface area contributed by atoms with Crippen molar-refractivity contribution in [3.63, 3.8) is 0 Å². The number of hydrogen-bond donors (Lipinski definition) is 1. The Hall–Kier alpha value is -1.43. The fraction of sp³-hybridized carbons (Fsp3) is 0.706. The molecule has 0 fully saturated rings. The van der Waals surface area contributed by atoms with E-state index in [2.05, 4.69) is 32.7 Å². The molecule has 0 spiro atoms. The average Bonchev–Trinajstić information content (AvgIpc) is 2.44. The average molecular weight is 340 g/mol. The zero-order valence-corrected chi connectivity index (χ0v) is 15.5. The lowest BCUT2D eigenvalue weighted by molar-refractivity contribution is -0.159. The van der Waals surface area contributed by atoms with E-state index in [0.717, 1.165) is 6.42 Å². The van der Waals surface area contributed by atoms with Crippen LogP contribution in [-0.4, -0.2) is 22.1 Å². The molecule has 0 saturated heterocycles. The number of carbonyl (C=O) groups is 1. The minimum atomic E-state index is -0.456. The van der Waals surface area contributed by atoms with Gasteiger partial charge in [0.05, 0.1) is 12.0 Å². The molecule has 1 unspecified atom stereocenters. The zero-order valence-electron chi connectivity index (χ0n) is 14.7. The van der Waals surface area contributed by atoms with Gasteiger partial charge in [0, 0.05) is 18.8 Å². The van der Waals surface area contributed by atoms with Crippen LogP contribution in [0.4, 0.5) is 0 Å². The Morgan fingerprint density at radius 2 is 2.04 bits per heavy atom. The van der Waals surface area contributed by atoms with Crippen molar-refractivity contribution in [1.29, 1.82) is 0 Å². The largest absolute Gasteiger partial charge is 0.465 e. The van der Waals surface area contributed by atoms with Crippen LogP contribution >= 0.6 is 12.2 Å². The number of rotatable bonds is 8. The second-order valence-corrected chi connectivity index (χ2v) is 7.35. The van der Waals surface area contributed by atoms with E-state index < -0.39 is 5.41 Å². The first-order valence-electron chi connectivity index (χ1n) is 8.14. The number of H-pyrrole nitrogens is 1. The van der Waals surface area contributed by atoms with Crippen molar-refractivity contribution >= 4 is 18.2 Å². The molecule has 6 heteroatoms. The van der Waals surface area contributed by atoms with Crippen LogP contribution in [-0.2, 0) is 16.1 Å². The number of aryl methyl sites for hydroxylation is 1. The van der Waals surface area contributed by atoms with Gasteiger partial charge in [-0.15, -0.1) is 0 Å². The molecule has 1 rings (SSSR count). The fourth-order valence-corrected chi connectivity index (χ4v) is 2.84. The maximum absolute atomic E-state index is 12.5. The van der Waals surface area contributed by atoms with E-state index in [1.54, 1.807) is 10.8 Å². The summed E-state index contributed by atoms with van der Waals surface area (Å²) in [6, 6.07) is 1.43. The maximum atomic E-state index is 12.5. The van der Waals surface area contributed by atoms with E-state index in [-0.39, 0.29) is 17.4 Å². The first-order valence-corrected chi connectivity index (χ1v) is 8.54. The third-order valence-electron chi connectivity index (χ3n) is 4.25. The summed E-state index contributed by atoms with van der Waals surface area (Å²) in [5.41, 5.74) is -0.665. The van der Waals surface area contributed by atoms with Gasteiger partial charge in [0.25, 0.3) is 5.56 Å². The van der Waals surface area contributed by atoms with E-state index in [0.29, 0.717) is 30.3 Å². The minimum absolute atomic E-state index is 0.133. The van der Waals surface area contributed by atoms with Crippen LogP contribution in [0.2, 0.25) is 0 Å². The molecule has 0 aliphatic carbocycles. The van der Waals surface area contributed by atoms with Gasteiger partial charge in [0.1, 0.15) is 0 Å². The minimum Gasteiger partial charge on any atom is -0.465 e. The molecule has 23 heavy (non-hydrogen) atoms. The van der Waals surface area contributed by atoms with Crippen molar-refractivity contribution in [2.24, 2.45) is 17.3 Å². The second-order valence-electron chi connectivity index (χ2n) is 6.96. The maximum Gasteiger partial charge on any atom is 0.312 e. The summed E-state index contributed by atoms with van der Waals surface area (Å²) in [5.74, 6) is 0.533. The smallest absolute Gasteiger partial charge is 0.312 e. The second kappa shape index (κ2) is 8.43. The lowest BCUT2D eigenvalue weighted by Gasteiger charge is -2.32. The van der Waals surface area contributed by atoms with Crippen LogP contribution < -0.4 is 5.56 Å². The first-order chi connectivity index (χ1) is 10.7. The Labute approximate surface area is 143 Å². The Balaban J connectivity index is 2.55. The molecule has 1 aromatic rings. The number of ether oxygens (including phenoxy) is 1. The number of aromatic nitrogens is 2. The third-order valence-corrected chi connectivity index (χ3v) is 4.58. The quantitative estimate of drug-likeness (QED) is 0.446. The van der Waals surface area contributed by atoms with Crippen molar-refractivity contribution in [2.75, 3.05) is 6.61 Å². The third kappa shape index (κ3) is 5.61. The Kier molecular flexibility index (Phi) is 7.19. The monoisotopic (exact) mass is 340 g/mol. The van der Waals surface area contributed by atoms with Gasteiger partial charge in [-0.2, -0.15) is 0 Å². The van der Waals surface area contributed by atoms with Crippen LogP contribution in [0, 0.1) is 22.0 Å². The van der Waals surface area contributed by atoms with Crippen molar-refractivity contribution in [3.05, 3.63) is 27.4 Å². The van der Waals surface area contributed by atoms with Gasteiger partial charge >= 0.3 is 5.97 Å². The number of nitrogens with one attached hydrogen (secondary N) is 1. The van der Waals surface area contributed by atoms with E-state index in [1.807, 2.05) is 6.92 Å². The van der Waals surface area contributed by atoms with Crippen LogP contribution in [0.15, 0.2) is 17.1 Å². The van der Waals surface area contributed by atoms with Gasteiger partial charge in [-0.1, -0.05) is 27.7 Å². The van der Waals surface area contributed by atoms with E-state index in [9.17, 15) is 9.59 Å². The van der Waals surface area contributed by atoms with E-state index in [4.69, 9.17) is 17.0 Å². The molecule has 1 aromatic heterocycles. The van der Waals surface area contributed by atoms with Gasteiger partial charge in [-0.3, -0.25) is 14.6 Å². The fourth-order valence-electron chi connectivity index (χ4n) is 2.59. The van der Waals surface area contributed by atoms with Gasteiger partial charge in [0.15, 0.2) is 4.77 Å². The highest BCUT2D eigenvalue weighted by atomic mass is 32.1. The SMILES string of the molecule is CC(C)CC(C)(C(=O)OCCCn1ccc(=O)[nH]c1=S)C(C)C. The summed E-state index contributed by atoms with van der Waals surface area (Å²) < 4.78 is 7.65. The Bertz CT molecular complexity index is 633. The highest BCUT2D eigenvalue weighted by Gasteiger charge is 2.38. The highest BCUT2D eigenvalue weighted by molar-refractivity contribution is 7.71. The van der Waals surface area contributed by atoms with Crippen molar-refractivity contribution in [2.45, 2.75) is 54.0 Å². The van der Waals surface area contributed by atoms with Gasteiger partial charge < -0.3 is 9.30 Å². The number of aromatic amines is 1. The lowest BCUT2D eigenvalue weighted by Crippen LogP contribution is -2.36. The van der Waals surface area contributed by atoms with Crippen LogP contribution in [0.3, 0.4) is 0 Å². The summed E-state index contributed by atoms with van der Waals surface area (Å²) in [5, 5.41) is 0. The molecule has 130 valence electrons. The zero-order chi connectivity index (χ0) is 17.6. The molecule has 5 nitrogen and oxygen atoms in total. The summed E-state index contributed by atoms with van der Waals surface area (Å²) in [7, 11) is 0. The Morgan fingerprint density at radius 3 is 2.57 bits per heavy atom. The molecule has 0 bridgehead atoms. The first kappa shape index (κ1) is 19.6. The number of esters is 1. The van der Waals surface area contributed by atoms with Crippen LogP contribution in [0.5, 0.6) is 0 Å².